The molecule has 1 saturated heterocycles. The fraction of sp³-hybridized carbons (Fsp3) is 0.438. The fourth-order valence-electron chi connectivity index (χ4n) is 6.95. The largest absolute Gasteiger partial charge is 0.369 e. The van der Waals surface area contributed by atoms with E-state index in [0.717, 1.165) is 62.0 Å². The molecule has 3 heterocycles. The topological polar surface area (TPSA) is 110 Å². The summed E-state index contributed by atoms with van der Waals surface area (Å²) >= 11 is 0. The molecule has 0 bridgehead atoms. The molecule has 0 unspecified atom stereocenters. The number of fused-ring (bicyclic) bond motifs is 3. The summed E-state index contributed by atoms with van der Waals surface area (Å²) in [5.41, 5.74) is 12.1. The molecule has 218 valence electrons. The van der Waals surface area contributed by atoms with Gasteiger partial charge in [-0.25, -0.2) is 4.39 Å². The van der Waals surface area contributed by atoms with Gasteiger partial charge in [-0.1, -0.05) is 37.1 Å². The summed E-state index contributed by atoms with van der Waals surface area (Å²) in [5.74, 6) is 0.695. The van der Waals surface area contributed by atoms with Crippen molar-refractivity contribution in [1.82, 2.24) is 30.3 Å². The van der Waals surface area contributed by atoms with Crippen LogP contribution in [0.25, 0.3) is 17.1 Å². The van der Waals surface area contributed by atoms with Gasteiger partial charge in [-0.3, -0.25) is 0 Å². The Hall–Kier alpha value is -4.05. The molecule has 2 aromatic carbocycles. The van der Waals surface area contributed by atoms with E-state index in [9.17, 15) is 0 Å². The number of benzene rings is 2. The van der Waals surface area contributed by atoms with Gasteiger partial charge in [-0.05, 0) is 87.3 Å². The summed E-state index contributed by atoms with van der Waals surface area (Å²) in [4.78, 5) is 6.51. The molecule has 0 amide bonds. The standard InChI is InChI=1S/C32H38FN9/c1-32(15-4-5-16-32)37-23-13-17-41(18-14-23)27-12-11-24(20-26(27)33)35-31-36-30(34)42(40-31)28-19-22-9-6-8-21-7-2-3-10-25(21)29(22)39-38-28/h2-3,7,10-12,19-20,23,37H,4-6,8-9,13-18H2,1H3,(H3,34,35,36,40). The Morgan fingerprint density at radius 1 is 0.952 bits per heavy atom. The van der Waals surface area contributed by atoms with E-state index in [1.165, 1.54) is 42.0 Å². The second kappa shape index (κ2) is 11.0. The van der Waals surface area contributed by atoms with Gasteiger partial charge in [0.05, 0.1) is 11.4 Å². The molecule has 42 heavy (non-hydrogen) atoms. The number of nitrogens with one attached hydrogen (secondary N) is 2. The van der Waals surface area contributed by atoms with Gasteiger partial charge >= 0.3 is 0 Å². The minimum Gasteiger partial charge on any atom is -0.369 e. The van der Waals surface area contributed by atoms with Crippen molar-refractivity contribution in [3.05, 3.63) is 65.5 Å². The van der Waals surface area contributed by atoms with Gasteiger partial charge in [0.15, 0.2) is 5.82 Å². The first-order valence-electron chi connectivity index (χ1n) is 15.2. The summed E-state index contributed by atoms with van der Waals surface area (Å²) < 4.78 is 16.8. The molecule has 7 rings (SSSR count). The highest BCUT2D eigenvalue weighted by Gasteiger charge is 2.32. The minimum atomic E-state index is -0.265. The van der Waals surface area contributed by atoms with Crippen LogP contribution in [0.15, 0.2) is 48.5 Å². The number of nitrogens with two attached hydrogens (primary N) is 1. The first-order chi connectivity index (χ1) is 20.4. The molecule has 0 spiro atoms. The van der Waals surface area contributed by atoms with Crippen LogP contribution < -0.4 is 21.3 Å². The highest BCUT2D eigenvalue weighted by molar-refractivity contribution is 5.68. The lowest BCUT2D eigenvalue weighted by molar-refractivity contribution is 0.283. The van der Waals surface area contributed by atoms with E-state index in [1.54, 1.807) is 0 Å². The SMILES string of the molecule is CC1(NC2CCN(c3ccc(Nc4nc(N)n(-c5cc6c(nn5)-c5ccccc5CCC6)n4)cc3F)CC2)CCCC1. The molecule has 10 heteroatoms. The molecule has 4 N–H and O–H groups in total. The van der Waals surface area contributed by atoms with E-state index in [0.29, 0.717) is 23.2 Å². The summed E-state index contributed by atoms with van der Waals surface area (Å²) in [6.45, 7) is 4.03. The van der Waals surface area contributed by atoms with Crippen LogP contribution in [0.3, 0.4) is 0 Å². The Bertz CT molecular complexity index is 1580. The van der Waals surface area contributed by atoms with Crippen molar-refractivity contribution < 1.29 is 4.39 Å². The molecule has 1 saturated carbocycles. The van der Waals surface area contributed by atoms with Gasteiger partial charge in [0.2, 0.25) is 11.9 Å². The van der Waals surface area contributed by atoms with Crippen LogP contribution in [0.5, 0.6) is 0 Å². The monoisotopic (exact) mass is 567 g/mol. The maximum atomic E-state index is 15.3. The molecular weight excluding hydrogens is 529 g/mol. The van der Waals surface area contributed by atoms with Crippen LogP contribution in [-0.2, 0) is 12.8 Å². The van der Waals surface area contributed by atoms with Crippen molar-refractivity contribution in [3.63, 3.8) is 0 Å². The van der Waals surface area contributed by atoms with Crippen molar-refractivity contribution in [1.29, 1.82) is 0 Å². The van der Waals surface area contributed by atoms with E-state index >= 15 is 4.39 Å². The summed E-state index contributed by atoms with van der Waals surface area (Å²) in [7, 11) is 0. The van der Waals surface area contributed by atoms with Crippen molar-refractivity contribution >= 4 is 23.3 Å². The second-order valence-corrected chi connectivity index (χ2v) is 12.3. The first-order valence-corrected chi connectivity index (χ1v) is 15.2. The fourth-order valence-corrected chi connectivity index (χ4v) is 6.95. The maximum Gasteiger partial charge on any atom is 0.248 e. The molecule has 2 fully saturated rings. The zero-order valence-corrected chi connectivity index (χ0v) is 24.1. The second-order valence-electron chi connectivity index (χ2n) is 12.3. The summed E-state index contributed by atoms with van der Waals surface area (Å²) in [6.07, 6.45) is 10.1. The van der Waals surface area contributed by atoms with Crippen LogP contribution in [-0.4, -0.2) is 49.6 Å². The quantitative estimate of drug-likeness (QED) is 0.278. The Morgan fingerprint density at radius 2 is 1.74 bits per heavy atom. The smallest absolute Gasteiger partial charge is 0.248 e. The number of nitrogens with zero attached hydrogens (tertiary/aromatic N) is 6. The number of hydrogen-bond acceptors (Lipinski definition) is 8. The van der Waals surface area contributed by atoms with Crippen LogP contribution in [0.4, 0.5) is 27.7 Å². The van der Waals surface area contributed by atoms with Gasteiger partial charge in [0.25, 0.3) is 0 Å². The third-order valence-electron chi connectivity index (χ3n) is 9.17. The van der Waals surface area contributed by atoms with Crippen LogP contribution in [0.1, 0.15) is 63.0 Å². The van der Waals surface area contributed by atoms with E-state index in [1.807, 2.05) is 24.3 Å². The van der Waals surface area contributed by atoms with Gasteiger partial charge in [-0.15, -0.1) is 15.3 Å². The summed E-state index contributed by atoms with van der Waals surface area (Å²) in [6, 6.07) is 16.0. The number of halogens is 1. The molecule has 1 aliphatic heterocycles. The zero-order valence-electron chi connectivity index (χ0n) is 24.1. The van der Waals surface area contributed by atoms with Crippen molar-refractivity contribution in [2.45, 2.75) is 76.3 Å². The molecular formula is C32H38FN9. The number of hydrogen-bond donors (Lipinski definition) is 3. The number of anilines is 4. The predicted molar refractivity (Wildman–Crippen MR) is 164 cm³/mol. The Kier molecular flexibility index (Phi) is 7.01. The molecule has 4 aromatic rings. The van der Waals surface area contributed by atoms with E-state index < -0.39 is 0 Å². The van der Waals surface area contributed by atoms with Gasteiger partial charge < -0.3 is 21.3 Å². The highest BCUT2D eigenvalue weighted by atomic mass is 19.1. The van der Waals surface area contributed by atoms with Crippen LogP contribution in [0.2, 0.25) is 0 Å². The van der Waals surface area contributed by atoms with E-state index in [4.69, 9.17) is 5.73 Å². The van der Waals surface area contributed by atoms with Gasteiger partial charge in [0, 0.05) is 35.9 Å². The predicted octanol–water partition coefficient (Wildman–Crippen LogP) is 5.57. The lowest BCUT2D eigenvalue weighted by atomic mass is 9.95. The minimum absolute atomic E-state index is 0.181. The Labute approximate surface area is 245 Å². The zero-order chi connectivity index (χ0) is 28.7. The molecule has 0 atom stereocenters. The van der Waals surface area contributed by atoms with Gasteiger partial charge in [-0.2, -0.15) is 9.67 Å². The van der Waals surface area contributed by atoms with Crippen LogP contribution in [0, 0.1) is 5.82 Å². The average molecular weight is 568 g/mol. The first kappa shape index (κ1) is 26.8. The number of aromatic nitrogens is 5. The Balaban J connectivity index is 1.03. The van der Waals surface area contributed by atoms with E-state index in [2.05, 4.69) is 60.9 Å². The van der Waals surface area contributed by atoms with Crippen LogP contribution >= 0.6 is 0 Å². The summed E-state index contributed by atoms with van der Waals surface area (Å²) in [5, 5.41) is 20.5. The number of piperidine rings is 1. The van der Waals surface area contributed by atoms with Crippen molar-refractivity contribution in [3.8, 4) is 17.1 Å². The van der Waals surface area contributed by atoms with Gasteiger partial charge in [0.1, 0.15) is 5.82 Å². The Morgan fingerprint density at radius 3 is 2.55 bits per heavy atom. The molecule has 2 aromatic heterocycles. The molecule has 0 radical (unpaired) electrons. The third kappa shape index (κ3) is 5.31. The molecule has 2 aliphatic carbocycles. The maximum absolute atomic E-state index is 15.3. The molecule has 9 nitrogen and oxygen atoms in total. The number of nitrogen functional groups attached to an aromatic ring is 1. The number of aryl methyl sites for hydroxylation is 2. The number of rotatable bonds is 6. The van der Waals surface area contributed by atoms with Crippen molar-refractivity contribution in [2.24, 2.45) is 0 Å². The van der Waals surface area contributed by atoms with Crippen molar-refractivity contribution in [2.75, 3.05) is 29.0 Å². The third-order valence-corrected chi connectivity index (χ3v) is 9.17. The highest BCUT2D eigenvalue weighted by Crippen LogP contribution is 2.33. The lowest BCUT2D eigenvalue weighted by Crippen LogP contribution is -2.51. The average Bonchev–Trinajstić information content (AvgIpc) is 3.52. The lowest BCUT2D eigenvalue weighted by Gasteiger charge is -2.38. The van der Waals surface area contributed by atoms with E-state index in [-0.39, 0.29) is 23.3 Å². The molecule has 3 aliphatic rings. The normalized spacial score (nSPS) is 18.4.